The molecule has 0 aromatic heterocycles. The summed E-state index contributed by atoms with van der Waals surface area (Å²) in [6, 6.07) is 8.93. The predicted octanol–water partition coefficient (Wildman–Crippen LogP) is 4.32. The Morgan fingerprint density at radius 3 is 2.12 bits per heavy atom. The summed E-state index contributed by atoms with van der Waals surface area (Å²) in [6.45, 7) is -0.631. The van der Waals surface area contributed by atoms with Crippen LogP contribution in [0.4, 0.5) is 5.69 Å². The molecule has 0 radical (unpaired) electrons. The van der Waals surface area contributed by atoms with E-state index < -0.39 is 46.8 Å². The van der Waals surface area contributed by atoms with Crippen molar-refractivity contribution in [1.82, 2.24) is 10.0 Å². The number of non-ortho nitro benzene ring substituents is 1. The minimum absolute atomic E-state index is 0.0175. The molecule has 0 spiro atoms. The van der Waals surface area contributed by atoms with Crippen molar-refractivity contribution in [2.45, 2.75) is 25.7 Å². The minimum Gasteiger partial charge on any atom is -0.292 e. The standard InChI is InChI=1S/C23H19Cl2N3O6/c24-14-7-10-18(19(25)11-14)20(29)12-26(21(30)13-5-8-15(9-6-13)28(33)34)27-22(31)16-3-1-2-4-17(16)23(27)32/h5-11,16-17H,1-4,12H2/t16-,17-/m1/s1. The molecule has 9 nitrogen and oxygen atoms in total. The SMILES string of the molecule is O=C(CN(C(=O)c1ccc([N+](=O)[O-])cc1)N1C(=O)[C@@H]2CCCC[C@H]2C1=O)c1ccc(Cl)cc1Cl. The lowest BCUT2D eigenvalue weighted by atomic mass is 9.81. The molecule has 1 saturated carbocycles. The zero-order chi connectivity index (χ0) is 24.6. The number of nitrogens with zero attached hydrogens (tertiary/aromatic N) is 3. The molecule has 2 aliphatic rings. The lowest BCUT2D eigenvalue weighted by Crippen LogP contribution is -2.52. The van der Waals surface area contributed by atoms with Gasteiger partial charge in [0.2, 0.25) is 0 Å². The van der Waals surface area contributed by atoms with Crippen molar-refractivity contribution in [3.05, 3.63) is 73.8 Å². The van der Waals surface area contributed by atoms with Crippen molar-refractivity contribution < 1.29 is 24.1 Å². The Balaban J connectivity index is 1.70. The average Bonchev–Trinajstić information content (AvgIpc) is 3.07. The molecular formula is C23H19Cl2N3O6. The normalized spacial score (nSPS) is 19.6. The van der Waals surface area contributed by atoms with Crippen LogP contribution in [0.1, 0.15) is 46.4 Å². The Kier molecular flexibility index (Phi) is 6.67. The van der Waals surface area contributed by atoms with E-state index in [0.29, 0.717) is 17.9 Å². The first-order valence-corrected chi connectivity index (χ1v) is 11.4. The van der Waals surface area contributed by atoms with Gasteiger partial charge in [-0.25, -0.2) is 5.01 Å². The van der Waals surface area contributed by atoms with Gasteiger partial charge < -0.3 is 0 Å². The molecule has 1 aliphatic carbocycles. The molecule has 2 atom stereocenters. The fraction of sp³-hybridized carbons (Fsp3) is 0.304. The fourth-order valence-corrected chi connectivity index (χ4v) is 4.94. The molecule has 0 unspecified atom stereocenters. The van der Waals surface area contributed by atoms with E-state index in [1.54, 1.807) is 0 Å². The first-order chi connectivity index (χ1) is 16.2. The van der Waals surface area contributed by atoms with Crippen LogP contribution in [0, 0.1) is 22.0 Å². The quantitative estimate of drug-likeness (QED) is 0.250. The van der Waals surface area contributed by atoms with Crippen molar-refractivity contribution in [1.29, 1.82) is 0 Å². The predicted molar refractivity (Wildman–Crippen MR) is 122 cm³/mol. The first-order valence-electron chi connectivity index (χ1n) is 10.6. The summed E-state index contributed by atoms with van der Waals surface area (Å²) in [7, 11) is 0. The van der Waals surface area contributed by atoms with E-state index in [1.807, 2.05) is 0 Å². The highest BCUT2D eigenvalue weighted by atomic mass is 35.5. The highest BCUT2D eigenvalue weighted by Crippen LogP contribution is 2.39. The van der Waals surface area contributed by atoms with Crippen LogP contribution in [-0.4, -0.2) is 45.0 Å². The molecule has 2 aromatic carbocycles. The van der Waals surface area contributed by atoms with E-state index >= 15 is 0 Å². The topological polar surface area (TPSA) is 118 Å². The molecule has 34 heavy (non-hydrogen) atoms. The van der Waals surface area contributed by atoms with Gasteiger partial charge in [0.15, 0.2) is 5.78 Å². The number of hydrazine groups is 1. The number of imide groups is 1. The van der Waals surface area contributed by atoms with Gasteiger partial charge in [0.05, 0.1) is 21.8 Å². The molecule has 1 aliphatic heterocycles. The number of Topliss-reactive ketones (excluding diaryl/α,β-unsaturated/α-hetero) is 1. The summed E-state index contributed by atoms with van der Waals surface area (Å²) < 4.78 is 0. The maximum atomic E-state index is 13.4. The number of fused-ring (bicyclic) bond motifs is 1. The van der Waals surface area contributed by atoms with Gasteiger partial charge in [-0.1, -0.05) is 36.0 Å². The third-order valence-electron chi connectivity index (χ3n) is 6.14. The number of nitro benzene ring substituents is 1. The maximum absolute atomic E-state index is 13.4. The van der Waals surface area contributed by atoms with E-state index in [4.69, 9.17) is 23.2 Å². The highest BCUT2D eigenvalue weighted by Gasteiger charge is 2.51. The van der Waals surface area contributed by atoms with Gasteiger partial charge in [0.25, 0.3) is 23.4 Å². The van der Waals surface area contributed by atoms with Crippen molar-refractivity contribution >= 4 is 52.4 Å². The van der Waals surface area contributed by atoms with E-state index in [1.165, 1.54) is 30.3 Å². The van der Waals surface area contributed by atoms with Crippen LogP contribution < -0.4 is 0 Å². The monoisotopic (exact) mass is 503 g/mol. The number of amides is 3. The lowest BCUT2D eigenvalue weighted by molar-refractivity contribution is -0.384. The molecule has 1 saturated heterocycles. The molecular weight excluding hydrogens is 485 g/mol. The van der Waals surface area contributed by atoms with Gasteiger partial charge in [-0.15, -0.1) is 0 Å². The molecule has 4 rings (SSSR count). The summed E-state index contributed by atoms with van der Waals surface area (Å²) in [5.41, 5.74) is -0.174. The Hall–Kier alpha value is -3.30. The van der Waals surface area contributed by atoms with Crippen molar-refractivity contribution in [3.63, 3.8) is 0 Å². The van der Waals surface area contributed by atoms with Crippen LogP contribution >= 0.6 is 23.2 Å². The van der Waals surface area contributed by atoms with Crippen LogP contribution in [0.2, 0.25) is 10.0 Å². The molecule has 0 bridgehead atoms. The molecule has 176 valence electrons. The summed E-state index contributed by atoms with van der Waals surface area (Å²) in [5, 5.41) is 12.9. The van der Waals surface area contributed by atoms with Crippen molar-refractivity contribution in [2.24, 2.45) is 11.8 Å². The summed E-state index contributed by atoms with van der Waals surface area (Å²) in [6.07, 6.45) is 2.65. The number of carbonyl (C=O) groups is 4. The number of hydrogen-bond donors (Lipinski definition) is 0. The van der Waals surface area contributed by atoms with E-state index in [9.17, 15) is 29.3 Å². The van der Waals surface area contributed by atoms with Gasteiger partial charge in [-0.3, -0.25) is 29.3 Å². The highest BCUT2D eigenvalue weighted by molar-refractivity contribution is 6.37. The molecule has 1 heterocycles. The fourth-order valence-electron chi connectivity index (χ4n) is 4.43. The van der Waals surface area contributed by atoms with Crippen LogP contribution in [0.15, 0.2) is 42.5 Å². The van der Waals surface area contributed by atoms with Crippen LogP contribution in [0.3, 0.4) is 0 Å². The van der Waals surface area contributed by atoms with Gasteiger partial charge >= 0.3 is 0 Å². The Morgan fingerprint density at radius 2 is 1.59 bits per heavy atom. The number of carbonyl (C=O) groups excluding carboxylic acids is 4. The molecule has 2 aromatic rings. The molecule has 3 amide bonds. The van der Waals surface area contributed by atoms with Crippen LogP contribution in [0.25, 0.3) is 0 Å². The number of nitro groups is 1. The van der Waals surface area contributed by atoms with Gasteiger partial charge in [-0.2, -0.15) is 5.01 Å². The zero-order valence-electron chi connectivity index (χ0n) is 17.8. The van der Waals surface area contributed by atoms with Gasteiger partial charge in [-0.05, 0) is 43.2 Å². The van der Waals surface area contributed by atoms with E-state index in [-0.39, 0.29) is 21.8 Å². The third kappa shape index (κ3) is 4.41. The van der Waals surface area contributed by atoms with Gasteiger partial charge in [0, 0.05) is 28.3 Å². The van der Waals surface area contributed by atoms with E-state index in [0.717, 1.165) is 35.0 Å². The maximum Gasteiger partial charge on any atom is 0.273 e. The summed E-state index contributed by atoms with van der Waals surface area (Å²) >= 11 is 12.0. The Bertz CT molecular complexity index is 1180. The Morgan fingerprint density at radius 1 is 1.00 bits per heavy atom. The number of benzene rings is 2. The first kappa shape index (κ1) is 23.8. The summed E-state index contributed by atoms with van der Waals surface area (Å²) in [4.78, 5) is 63.2. The van der Waals surface area contributed by atoms with Crippen molar-refractivity contribution in [3.8, 4) is 0 Å². The second kappa shape index (κ2) is 9.52. The average molecular weight is 504 g/mol. The number of halogens is 2. The zero-order valence-corrected chi connectivity index (χ0v) is 19.3. The number of hydrogen-bond acceptors (Lipinski definition) is 6. The van der Waals surface area contributed by atoms with Gasteiger partial charge in [0.1, 0.15) is 6.54 Å². The van der Waals surface area contributed by atoms with Crippen LogP contribution in [-0.2, 0) is 9.59 Å². The Labute approximate surface area is 204 Å². The third-order valence-corrected chi connectivity index (χ3v) is 6.69. The largest absolute Gasteiger partial charge is 0.292 e. The smallest absolute Gasteiger partial charge is 0.273 e. The number of ketones is 1. The summed E-state index contributed by atoms with van der Waals surface area (Å²) in [5.74, 6) is -3.55. The molecule has 2 fully saturated rings. The van der Waals surface area contributed by atoms with E-state index in [2.05, 4.69) is 0 Å². The molecule has 0 N–H and O–H groups in total. The van der Waals surface area contributed by atoms with Crippen molar-refractivity contribution in [2.75, 3.05) is 6.54 Å². The van der Waals surface area contributed by atoms with Crippen LogP contribution in [0.5, 0.6) is 0 Å². The minimum atomic E-state index is -0.811. The second-order valence-corrected chi connectivity index (χ2v) is 9.04. The molecule has 11 heteroatoms. The lowest BCUT2D eigenvalue weighted by Gasteiger charge is -2.30. The number of rotatable bonds is 6. The second-order valence-electron chi connectivity index (χ2n) is 8.20.